The fourth-order valence-electron chi connectivity index (χ4n) is 3.22. The van der Waals surface area contributed by atoms with Gasteiger partial charge in [-0.25, -0.2) is 0 Å². The summed E-state index contributed by atoms with van der Waals surface area (Å²) in [6.07, 6.45) is 20.8. The molecule has 1 unspecified atom stereocenters. The van der Waals surface area contributed by atoms with E-state index in [1.807, 2.05) is 12.1 Å². The molecule has 0 saturated carbocycles. The summed E-state index contributed by atoms with van der Waals surface area (Å²) in [4.78, 5) is 16.2. The Morgan fingerprint density at radius 2 is 1.29 bits per heavy atom. The number of hydrogen-bond acceptors (Lipinski definition) is 2. The predicted molar refractivity (Wildman–Crippen MR) is 103 cm³/mol. The second kappa shape index (κ2) is 14.2. The topological polar surface area (TPSA) is 30.0 Å². The van der Waals surface area contributed by atoms with E-state index in [0.29, 0.717) is 0 Å². The Hall–Kier alpha value is -1.18. The van der Waals surface area contributed by atoms with Crippen molar-refractivity contribution in [2.24, 2.45) is 5.92 Å². The average molecular weight is 332 g/mol. The van der Waals surface area contributed by atoms with Crippen LogP contribution in [0.1, 0.15) is 108 Å². The molecule has 1 heterocycles. The summed E-state index contributed by atoms with van der Waals surface area (Å²) >= 11 is 0. The first kappa shape index (κ1) is 20.9. The second-order valence-electron chi connectivity index (χ2n) is 7.18. The van der Waals surface area contributed by atoms with Gasteiger partial charge in [-0.15, -0.1) is 0 Å². The minimum Gasteiger partial charge on any atom is -0.294 e. The van der Waals surface area contributed by atoms with E-state index in [9.17, 15) is 4.79 Å². The highest BCUT2D eigenvalue weighted by atomic mass is 16.1. The van der Waals surface area contributed by atoms with E-state index in [-0.39, 0.29) is 11.7 Å². The molecule has 0 fully saturated rings. The number of unbranched alkanes of at least 4 members (excludes halogenated alkanes) is 11. The molecule has 24 heavy (non-hydrogen) atoms. The predicted octanol–water partition coefficient (Wildman–Crippen LogP) is 6.99. The van der Waals surface area contributed by atoms with Crippen molar-refractivity contribution in [3.8, 4) is 0 Å². The summed E-state index contributed by atoms with van der Waals surface area (Å²) in [5.41, 5.74) is 0.802. The van der Waals surface area contributed by atoms with Crippen LogP contribution < -0.4 is 0 Å². The first-order chi connectivity index (χ1) is 11.8. The van der Waals surface area contributed by atoms with Crippen LogP contribution in [-0.2, 0) is 0 Å². The van der Waals surface area contributed by atoms with Crippen molar-refractivity contribution in [1.29, 1.82) is 0 Å². The third kappa shape index (κ3) is 9.85. The van der Waals surface area contributed by atoms with Gasteiger partial charge in [-0.3, -0.25) is 9.78 Å². The van der Waals surface area contributed by atoms with Crippen LogP contribution in [0.3, 0.4) is 0 Å². The molecule has 0 amide bonds. The third-order valence-electron chi connectivity index (χ3n) is 4.90. The summed E-state index contributed by atoms with van der Waals surface area (Å²) in [7, 11) is 0. The van der Waals surface area contributed by atoms with Gasteiger partial charge in [0.2, 0.25) is 0 Å². The van der Waals surface area contributed by atoms with E-state index in [1.165, 1.54) is 77.0 Å². The number of rotatable bonds is 15. The second-order valence-corrected chi connectivity index (χ2v) is 7.18. The normalized spacial score (nSPS) is 12.2. The molecule has 0 aliphatic rings. The summed E-state index contributed by atoms with van der Waals surface area (Å²) in [5, 5.41) is 0. The highest BCUT2D eigenvalue weighted by Crippen LogP contribution is 2.17. The van der Waals surface area contributed by atoms with E-state index in [4.69, 9.17) is 0 Å². The van der Waals surface area contributed by atoms with Gasteiger partial charge in [-0.05, 0) is 18.6 Å². The molecule has 0 bridgehead atoms. The lowest BCUT2D eigenvalue weighted by Crippen LogP contribution is -2.11. The number of carbonyl (C=O) groups is 1. The van der Waals surface area contributed by atoms with Crippen molar-refractivity contribution in [3.05, 3.63) is 30.1 Å². The molecule has 0 aliphatic heterocycles. The zero-order valence-corrected chi connectivity index (χ0v) is 15.9. The number of carbonyl (C=O) groups excluding carboxylic acids is 1. The van der Waals surface area contributed by atoms with Gasteiger partial charge in [0.15, 0.2) is 5.78 Å². The lowest BCUT2D eigenvalue weighted by atomic mass is 9.94. The Bertz CT molecular complexity index is 415. The molecule has 2 nitrogen and oxygen atoms in total. The lowest BCUT2D eigenvalue weighted by Gasteiger charge is -2.10. The molecule has 0 aromatic carbocycles. The molecule has 136 valence electrons. The van der Waals surface area contributed by atoms with Gasteiger partial charge in [0.25, 0.3) is 0 Å². The molecule has 0 radical (unpaired) electrons. The molecule has 2 heteroatoms. The van der Waals surface area contributed by atoms with Crippen LogP contribution in [0, 0.1) is 5.92 Å². The van der Waals surface area contributed by atoms with Crippen molar-refractivity contribution >= 4 is 5.78 Å². The van der Waals surface area contributed by atoms with E-state index >= 15 is 0 Å². The molecule has 0 spiro atoms. The molecule has 1 rings (SSSR count). The Balaban J connectivity index is 1.92. The maximum atomic E-state index is 12.2. The molecule has 1 atom stereocenters. The summed E-state index contributed by atoms with van der Waals surface area (Å²) in [6.45, 7) is 4.33. The number of aromatic nitrogens is 1. The van der Waals surface area contributed by atoms with Crippen LogP contribution in [0.25, 0.3) is 0 Å². The summed E-state index contributed by atoms with van der Waals surface area (Å²) in [6, 6.07) is 3.64. The van der Waals surface area contributed by atoms with Crippen LogP contribution in [0.15, 0.2) is 24.5 Å². The fraction of sp³-hybridized carbons (Fsp3) is 0.727. The van der Waals surface area contributed by atoms with Crippen LogP contribution in [0.5, 0.6) is 0 Å². The molecule has 0 N–H and O–H groups in total. The van der Waals surface area contributed by atoms with Gasteiger partial charge in [0.05, 0.1) is 0 Å². The van der Waals surface area contributed by atoms with Crippen LogP contribution in [0.2, 0.25) is 0 Å². The number of nitrogens with zero attached hydrogens (tertiary/aromatic N) is 1. The zero-order chi connectivity index (χ0) is 17.5. The monoisotopic (exact) mass is 331 g/mol. The van der Waals surface area contributed by atoms with Crippen LogP contribution >= 0.6 is 0 Å². The molecular formula is C22H37NO. The van der Waals surface area contributed by atoms with Crippen LogP contribution in [-0.4, -0.2) is 10.8 Å². The van der Waals surface area contributed by atoms with Crippen molar-refractivity contribution in [1.82, 2.24) is 4.98 Å². The fourth-order valence-corrected chi connectivity index (χ4v) is 3.22. The minimum atomic E-state index is 0.135. The lowest BCUT2D eigenvalue weighted by molar-refractivity contribution is 0.0922. The van der Waals surface area contributed by atoms with Gasteiger partial charge in [-0.2, -0.15) is 0 Å². The van der Waals surface area contributed by atoms with Gasteiger partial charge in [-0.1, -0.05) is 90.9 Å². The molecule has 0 aliphatic carbocycles. The maximum absolute atomic E-state index is 12.2. The molecule has 1 aromatic rings. The van der Waals surface area contributed by atoms with E-state index in [2.05, 4.69) is 18.8 Å². The van der Waals surface area contributed by atoms with Crippen molar-refractivity contribution in [2.75, 3.05) is 0 Å². The number of pyridine rings is 1. The van der Waals surface area contributed by atoms with Gasteiger partial charge >= 0.3 is 0 Å². The van der Waals surface area contributed by atoms with Crippen molar-refractivity contribution in [2.45, 2.75) is 97.3 Å². The van der Waals surface area contributed by atoms with Crippen LogP contribution in [0.4, 0.5) is 0 Å². The zero-order valence-electron chi connectivity index (χ0n) is 15.9. The average Bonchev–Trinajstić information content (AvgIpc) is 2.62. The highest BCUT2D eigenvalue weighted by Gasteiger charge is 2.14. The Morgan fingerprint density at radius 1 is 0.833 bits per heavy atom. The van der Waals surface area contributed by atoms with Gasteiger partial charge in [0.1, 0.15) is 0 Å². The van der Waals surface area contributed by atoms with Crippen molar-refractivity contribution < 1.29 is 4.79 Å². The maximum Gasteiger partial charge on any atom is 0.165 e. The quantitative estimate of drug-likeness (QED) is 0.256. The van der Waals surface area contributed by atoms with Gasteiger partial charge in [0, 0.05) is 23.9 Å². The first-order valence-electron chi connectivity index (χ1n) is 10.2. The first-order valence-corrected chi connectivity index (χ1v) is 10.2. The number of hydrogen-bond donors (Lipinski definition) is 0. The number of Topliss-reactive ketones (excluding diaryl/α,β-unsaturated/α-hetero) is 1. The SMILES string of the molecule is CCCCCCCCCCCCCCC(C)C(=O)c1ccncc1. The highest BCUT2D eigenvalue weighted by molar-refractivity contribution is 5.97. The standard InChI is InChI=1S/C22H37NO/c1-3-4-5-6-7-8-9-10-11-12-13-14-15-20(2)22(24)21-16-18-23-19-17-21/h16-20H,3-15H2,1-2H3. The smallest absolute Gasteiger partial charge is 0.165 e. The van der Waals surface area contributed by atoms with E-state index in [1.54, 1.807) is 12.4 Å². The molecule has 0 saturated heterocycles. The Morgan fingerprint density at radius 3 is 1.79 bits per heavy atom. The Labute approximate surface area is 149 Å². The molecular weight excluding hydrogens is 294 g/mol. The van der Waals surface area contributed by atoms with Gasteiger partial charge < -0.3 is 0 Å². The summed E-state index contributed by atoms with van der Waals surface area (Å²) in [5.74, 6) is 0.399. The summed E-state index contributed by atoms with van der Waals surface area (Å²) < 4.78 is 0. The molecule has 1 aromatic heterocycles. The van der Waals surface area contributed by atoms with Crippen molar-refractivity contribution in [3.63, 3.8) is 0 Å². The third-order valence-corrected chi connectivity index (χ3v) is 4.90. The number of ketones is 1. The van der Waals surface area contributed by atoms with E-state index in [0.717, 1.165) is 12.0 Å². The minimum absolute atomic E-state index is 0.135. The van der Waals surface area contributed by atoms with E-state index < -0.39 is 0 Å². The largest absolute Gasteiger partial charge is 0.294 e. The Kier molecular flexibility index (Phi) is 12.3.